The minimum Gasteiger partial charge on any atom is -0.372 e. The molecule has 134 valence electrons. The highest BCUT2D eigenvalue weighted by molar-refractivity contribution is 8.02. The van der Waals surface area contributed by atoms with Crippen LogP contribution >= 0.6 is 11.8 Å². The monoisotopic (exact) mass is 374 g/mol. The molecular formula is C16H23FN2O3S2. The van der Waals surface area contributed by atoms with E-state index in [2.05, 4.69) is 5.32 Å². The number of nitrogens with zero attached hydrogens (tertiary/aromatic N) is 1. The standard InChI is InChI=1S/C16H23FN2O3S2/c1-19(15-6-3-2-5-14(15)17)9-4-8-18-16(20)11-23-13-7-10-24(21,22)12-13/h2-3,5-6,13H,4,7-12H2,1H3,(H,18,20)/t13-/m1/s1. The Balaban J connectivity index is 1.60. The molecule has 1 fully saturated rings. The fourth-order valence-electron chi connectivity index (χ4n) is 2.56. The molecule has 1 aromatic carbocycles. The lowest BCUT2D eigenvalue weighted by Gasteiger charge is -2.19. The van der Waals surface area contributed by atoms with E-state index in [1.165, 1.54) is 17.8 Å². The van der Waals surface area contributed by atoms with Gasteiger partial charge in [-0.15, -0.1) is 11.8 Å². The highest BCUT2D eigenvalue weighted by Gasteiger charge is 2.28. The number of halogens is 1. The van der Waals surface area contributed by atoms with Crippen LogP contribution in [0.15, 0.2) is 24.3 Å². The third-order valence-electron chi connectivity index (χ3n) is 3.90. The lowest BCUT2D eigenvalue weighted by molar-refractivity contribution is -0.118. The fraction of sp³-hybridized carbons (Fsp3) is 0.562. The molecular weight excluding hydrogens is 351 g/mol. The summed E-state index contributed by atoms with van der Waals surface area (Å²) in [5.74, 6) is 0.348. The van der Waals surface area contributed by atoms with Crippen LogP contribution in [0.4, 0.5) is 10.1 Å². The zero-order chi connectivity index (χ0) is 17.6. The van der Waals surface area contributed by atoms with Crippen LogP contribution in [0.3, 0.4) is 0 Å². The Morgan fingerprint density at radius 2 is 2.17 bits per heavy atom. The van der Waals surface area contributed by atoms with Gasteiger partial charge < -0.3 is 10.2 Å². The van der Waals surface area contributed by atoms with Crippen LogP contribution in [0, 0.1) is 5.82 Å². The molecule has 1 aliphatic rings. The number of carbonyl (C=O) groups excluding carboxylic acids is 1. The molecule has 24 heavy (non-hydrogen) atoms. The Morgan fingerprint density at radius 1 is 1.42 bits per heavy atom. The summed E-state index contributed by atoms with van der Waals surface area (Å²) < 4.78 is 36.3. The summed E-state index contributed by atoms with van der Waals surface area (Å²) in [4.78, 5) is 13.6. The van der Waals surface area contributed by atoms with Crippen LogP contribution in [-0.4, -0.2) is 57.0 Å². The van der Waals surface area contributed by atoms with Crippen LogP contribution in [-0.2, 0) is 14.6 Å². The van der Waals surface area contributed by atoms with Crippen molar-refractivity contribution >= 4 is 33.2 Å². The summed E-state index contributed by atoms with van der Waals surface area (Å²) in [5, 5.41) is 2.85. The van der Waals surface area contributed by atoms with Gasteiger partial charge in [-0.2, -0.15) is 0 Å². The molecule has 0 unspecified atom stereocenters. The maximum absolute atomic E-state index is 13.6. The van der Waals surface area contributed by atoms with Gasteiger partial charge in [0.15, 0.2) is 9.84 Å². The van der Waals surface area contributed by atoms with Crippen LogP contribution in [0.2, 0.25) is 0 Å². The van der Waals surface area contributed by atoms with Gasteiger partial charge in [0.05, 0.1) is 22.9 Å². The second-order valence-corrected chi connectivity index (χ2v) is 9.43. The Hall–Kier alpha value is -1.28. The third-order valence-corrected chi connectivity index (χ3v) is 7.18. The number of amides is 1. The van der Waals surface area contributed by atoms with Crippen molar-refractivity contribution in [1.29, 1.82) is 0 Å². The Labute approximate surface area is 146 Å². The molecule has 0 saturated carbocycles. The maximum atomic E-state index is 13.6. The summed E-state index contributed by atoms with van der Waals surface area (Å²) in [6, 6.07) is 6.59. The molecule has 1 N–H and O–H groups in total. The van der Waals surface area contributed by atoms with E-state index >= 15 is 0 Å². The number of sulfone groups is 1. The molecule has 1 aromatic rings. The van der Waals surface area contributed by atoms with E-state index in [1.54, 1.807) is 18.2 Å². The summed E-state index contributed by atoms with van der Waals surface area (Å²) >= 11 is 1.41. The van der Waals surface area contributed by atoms with Crippen molar-refractivity contribution in [3.8, 4) is 0 Å². The molecule has 8 heteroatoms. The third kappa shape index (κ3) is 5.98. The predicted molar refractivity (Wildman–Crippen MR) is 96.8 cm³/mol. The van der Waals surface area contributed by atoms with Gasteiger partial charge >= 0.3 is 0 Å². The Morgan fingerprint density at radius 3 is 2.83 bits per heavy atom. The molecule has 0 bridgehead atoms. The van der Waals surface area contributed by atoms with Gasteiger partial charge in [-0.25, -0.2) is 12.8 Å². The first-order valence-electron chi connectivity index (χ1n) is 7.92. The normalized spacial score (nSPS) is 19.2. The van der Waals surface area contributed by atoms with E-state index in [0.29, 0.717) is 31.6 Å². The molecule has 1 heterocycles. The van der Waals surface area contributed by atoms with Crippen LogP contribution in [0.5, 0.6) is 0 Å². The van der Waals surface area contributed by atoms with Gasteiger partial charge in [0.1, 0.15) is 5.82 Å². The number of thioether (sulfide) groups is 1. The number of hydrogen-bond acceptors (Lipinski definition) is 5. The molecule has 2 rings (SSSR count). The van der Waals surface area contributed by atoms with Crippen molar-refractivity contribution in [3.05, 3.63) is 30.1 Å². The van der Waals surface area contributed by atoms with E-state index in [1.807, 2.05) is 11.9 Å². The average molecular weight is 375 g/mol. The van der Waals surface area contributed by atoms with Crippen molar-refractivity contribution in [1.82, 2.24) is 5.32 Å². The average Bonchev–Trinajstić information content (AvgIpc) is 2.89. The number of rotatable bonds is 8. The lowest BCUT2D eigenvalue weighted by atomic mass is 10.2. The molecule has 1 aliphatic heterocycles. The minimum absolute atomic E-state index is 0.0351. The molecule has 0 radical (unpaired) electrons. The van der Waals surface area contributed by atoms with E-state index < -0.39 is 9.84 Å². The van der Waals surface area contributed by atoms with Gasteiger partial charge in [0.25, 0.3) is 0 Å². The van der Waals surface area contributed by atoms with Crippen LogP contribution in [0.1, 0.15) is 12.8 Å². The van der Waals surface area contributed by atoms with Gasteiger partial charge in [-0.05, 0) is 25.0 Å². The van der Waals surface area contributed by atoms with Crippen molar-refractivity contribution in [2.75, 3.05) is 42.3 Å². The zero-order valence-corrected chi connectivity index (χ0v) is 15.3. The van der Waals surface area contributed by atoms with E-state index in [9.17, 15) is 17.6 Å². The molecule has 1 saturated heterocycles. The fourth-order valence-corrected chi connectivity index (χ4v) is 6.04. The maximum Gasteiger partial charge on any atom is 0.230 e. The number of benzene rings is 1. The van der Waals surface area contributed by atoms with Crippen LogP contribution in [0.25, 0.3) is 0 Å². The molecule has 1 atom stereocenters. The van der Waals surface area contributed by atoms with Gasteiger partial charge in [-0.3, -0.25) is 4.79 Å². The second kappa shape index (κ2) is 8.71. The quantitative estimate of drug-likeness (QED) is 0.702. The Bertz CT molecular complexity index is 667. The predicted octanol–water partition coefficient (Wildman–Crippen LogP) is 1.69. The summed E-state index contributed by atoms with van der Waals surface area (Å²) in [6.07, 6.45) is 1.34. The minimum atomic E-state index is -2.89. The largest absolute Gasteiger partial charge is 0.372 e. The highest BCUT2D eigenvalue weighted by Crippen LogP contribution is 2.24. The van der Waals surface area contributed by atoms with E-state index in [-0.39, 0.29) is 34.2 Å². The number of carbonyl (C=O) groups is 1. The number of para-hydroxylation sites is 1. The number of nitrogens with one attached hydrogen (secondary N) is 1. The lowest BCUT2D eigenvalue weighted by Crippen LogP contribution is -2.30. The number of hydrogen-bond donors (Lipinski definition) is 1. The molecule has 5 nitrogen and oxygen atoms in total. The van der Waals surface area contributed by atoms with Crippen molar-refractivity contribution in [2.24, 2.45) is 0 Å². The van der Waals surface area contributed by atoms with Gasteiger partial charge in [-0.1, -0.05) is 12.1 Å². The van der Waals surface area contributed by atoms with E-state index in [0.717, 1.165) is 0 Å². The van der Waals surface area contributed by atoms with Crippen molar-refractivity contribution < 1.29 is 17.6 Å². The number of anilines is 1. The van der Waals surface area contributed by atoms with Crippen molar-refractivity contribution in [2.45, 2.75) is 18.1 Å². The highest BCUT2D eigenvalue weighted by atomic mass is 32.2. The van der Waals surface area contributed by atoms with Gasteiger partial charge in [0, 0.05) is 25.4 Å². The summed E-state index contributed by atoms with van der Waals surface area (Å²) in [7, 11) is -1.08. The molecule has 0 aliphatic carbocycles. The second-order valence-electron chi connectivity index (χ2n) is 5.91. The first kappa shape index (κ1) is 19.1. The molecule has 0 spiro atoms. The SMILES string of the molecule is CN(CCCNC(=O)CS[C@@H]1CCS(=O)(=O)C1)c1ccccc1F. The first-order chi connectivity index (χ1) is 11.4. The zero-order valence-electron chi connectivity index (χ0n) is 13.7. The summed E-state index contributed by atoms with van der Waals surface area (Å²) in [6.45, 7) is 1.15. The molecule has 1 amide bonds. The van der Waals surface area contributed by atoms with Crippen LogP contribution < -0.4 is 10.2 Å². The van der Waals surface area contributed by atoms with Crippen molar-refractivity contribution in [3.63, 3.8) is 0 Å². The topological polar surface area (TPSA) is 66.5 Å². The summed E-state index contributed by atoms with van der Waals surface area (Å²) in [5.41, 5.74) is 0.543. The van der Waals surface area contributed by atoms with Gasteiger partial charge in [0.2, 0.25) is 5.91 Å². The molecule has 0 aromatic heterocycles. The first-order valence-corrected chi connectivity index (χ1v) is 10.8. The van der Waals surface area contributed by atoms with E-state index in [4.69, 9.17) is 0 Å². The Kier molecular flexibility index (Phi) is 6.91. The smallest absolute Gasteiger partial charge is 0.230 e.